The molecule has 0 aromatic heterocycles. The van der Waals surface area contributed by atoms with Gasteiger partial charge in [0.2, 0.25) is 0 Å². The van der Waals surface area contributed by atoms with E-state index in [1.54, 1.807) is 0 Å². The van der Waals surface area contributed by atoms with E-state index >= 15 is 0 Å². The van der Waals surface area contributed by atoms with Gasteiger partial charge in [0, 0.05) is 19.0 Å². The lowest BCUT2D eigenvalue weighted by Gasteiger charge is -2.37. The van der Waals surface area contributed by atoms with Gasteiger partial charge in [-0.2, -0.15) is 0 Å². The molecular formula is C12H24ClN. The van der Waals surface area contributed by atoms with E-state index < -0.39 is 0 Å². The predicted octanol–water partition coefficient (Wildman–Crippen LogP) is 3.42. The SMILES string of the molecule is CC(C)(CNCCCl)C1CCCCC1. The van der Waals surface area contributed by atoms with E-state index in [0.717, 1.165) is 24.9 Å². The van der Waals surface area contributed by atoms with Crippen LogP contribution in [0.5, 0.6) is 0 Å². The van der Waals surface area contributed by atoms with Crippen molar-refractivity contribution in [1.29, 1.82) is 0 Å². The molecule has 0 unspecified atom stereocenters. The van der Waals surface area contributed by atoms with Crippen LogP contribution in [0.3, 0.4) is 0 Å². The van der Waals surface area contributed by atoms with Gasteiger partial charge in [-0.1, -0.05) is 33.1 Å². The summed E-state index contributed by atoms with van der Waals surface area (Å²) in [6, 6.07) is 0. The van der Waals surface area contributed by atoms with Gasteiger partial charge >= 0.3 is 0 Å². The molecule has 1 aliphatic carbocycles. The summed E-state index contributed by atoms with van der Waals surface area (Å²) in [5.41, 5.74) is 0.451. The first-order chi connectivity index (χ1) is 6.67. The van der Waals surface area contributed by atoms with Crippen molar-refractivity contribution in [1.82, 2.24) is 5.32 Å². The molecule has 0 bridgehead atoms. The molecule has 84 valence electrons. The highest BCUT2D eigenvalue weighted by Gasteiger charge is 2.29. The minimum absolute atomic E-state index is 0.451. The second-order valence-electron chi connectivity index (χ2n) is 5.19. The van der Waals surface area contributed by atoms with Crippen LogP contribution in [0.1, 0.15) is 46.0 Å². The Labute approximate surface area is 93.6 Å². The third-order valence-corrected chi connectivity index (χ3v) is 3.75. The lowest BCUT2D eigenvalue weighted by atomic mass is 9.71. The first kappa shape index (κ1) is 12.3. The van der Waals surface area contributed by atoms with Gasteiger partial charge in [0.15, 0.2) is 0 Å². The molecule has 1 N–H and O–H groups in total. The molecule has 1 rings (SSSR count). The predicted molar refractivity (Wildman–Crippen MR) is 63.9 cm³/mol. The lowest BCUT2D eigenvalue weighted by molar-refractivity contribution is 0.155. The van der Waals surface area contributed by atoms with Gasteiger partial charge in [-0.25, -0.2) is 0 Å². The van der Waals surface area contributed by atoms with Crippen LogP contribution in [0.25, 0.3) is 0 Å². The fourth-order valence-electron chi connectivity index (χ4n) is 2.51. The lowest BCUT2D eigenvalue weighted by Crippen LogP contribution is -2.37. The minimum Gasteiger partial charge on any atom is -0.315 e. The van der Waals surface area contributed by atoms with Gasteiger partial charge in [0.05, 0.1) is 0 Å². The summed E-state index contributed by atoms with van der Waals surface area (Å²) < 4.78 is 0. The average molecular weight is 218 g/mol. The van der Waals surface area contributed by atoms with Crippen molar-refractivity contribution in [2.24, 2.45) is 11.3 Å². The standard InChI is InChI=1S/C12H24ClN/c1-12(2,10-14-9-8-13)11-6-4-3-5-7-11/h11,14H,3-10H2,1-2H3. The highest BCUT2D eigenvalue weighted by Crippen LogP contribution is 2.37. The van der Waals surface area contributed by atoms with Crippen LogP contribution < -0.4 is 5.32 Å². The maximum absolute atomic E-state index is 5.65. The van der Waals surface area contributed by atoms with Crippen LogP contribution in [-0.2, 0) is 0 Å². The van der Waals surface area contributed by atoms with Crippen LogP contribution in [-0.4, -0.2) is 19.0 Å². The summed E-state index contributed by atoms with van der Waals surface area (Å²) in [6.07, 6.45) is 7.17. The first-order valence-electron chi connectivity index (χ1n) is 5.93. The summed E-state index contributed by atoms with van der Waals surface area (Å²) in [7, 11) is 0. The van der Waals surface area contributed by atoms with Crippen molar-refractivity contribution in [3.8, 4) is 0 Å². The second kappa shape index (κ2) is 5.97. The number of alkyl halides is 1. The zero-order valence-corrected chi connectivity index (χ0v) is 10.4. The number of hydrogen-bond donors (Lipinski definition) is 1. The van der Waals surface area contributed by atoms with Crippen LogP contribution >= 0.6 is 11.6 Å². The van der Waals surface area contributed by atoms with Crippen LogP contribution in [0, 0.1) is 11.3 Å². The first-order valence-corrected chi connectivity index (χ1v) is 6.47. The van der Waals surface area contributed by atoms with Gasteiger partial charge < -0.3 is 5.32 Å². The molecule has 0 atom stereocenters. The van der Waals surface area contributed by atoms with Crippen LogP contribution in [0.2, 0.25) is 0 Å². The van der Waals surface area contributed by atoms with Crippen molar-refractivity contribution < 1.29 is 0 Å². The van der Waals surface area contributed by atoms with Gasteiger partial charge in [-0.3, -0.25) is 0 Å². The van der Waals surface area contributed by atoms with Gasteiger partial charge in [0.1, 0.15) is 0 Å². The van der Waals surface area contributed by atoms with E-state index in [-0.39, 0.29) is 0 Å². The average Bonchev–Trinajstić information content (AvgIpc) is 2.19. The molecule has 0 aromatic carbocycles. The van der Waals surface area contributed by atoms with Crippen molar-refractivity contribution >= 4 is 11.6 Å². The third-order valence-electron chi connectivity index (χ3n) is 3.56. The monoisotopic (exact) mass is 217 g/mol. The van der Waals surface area contributed by atoms with E-state index in [9.17, 15) is 0 Å². The Morgan fingerprint density at radius 1 is 1.21 bits per heavy atom. The smallest absolute Gasteiger partial charge is 0.0348 e. The van der Waals surface area contributed by atoms with E-state index in [1.165, 1.54) is 32.1 Å². The quantitative estimate of drug-likeness (QED) is 0.550. The fraction of sp³-hybridized carbons (Fsp3) is 1.00. The van der Waals surface area contributed by atoms with E-state index in [2.05, 4.69) is 19.2 Å². The Kier molecular flexibility index (Phi) is 5.25. The summed E-state index contributed by atoms with van der Waals surface area (Å²) in [4.78, 5) is 0. The van der Waals surface area contributed by atoms with E-state index in [0.29, 0.717) is 5.41 Å². The zero-order chi connectivity index (χ0) is 10.4. The molecule has 0 amide bonds. The third kappa shape index (κ3) is 3.78. The highest BCUT2D eigenvalue weighted by molar-refractivity contribution is 6.18. The molecule has 1 nitrogen and oxygen atoms in total. The summed E-state index contributed by atoms with van der Waals surface area (Å²) in [5, 5.41) is 3.44. The van der Waals surface area contributed by atoms with Gasteiger partial charge in [0.25, 0.3) is 0 Å². The van der Waals surface area contributed by atoms with Gasteiger partial charge in [-0.15, -0.1) is 11.6 Å². The van der Waals surface area contributed by atoms with Crippen molar-refractivity contribution in [2.45, 2.75) is 46.0 Å². The summed E-state index contributed by atoms with van der Waals surface area (Å²) >= 11 is 5.65. The van der Waals surface area contributed by atoms with E-state index in [1.807, 2.05) is 0 Å². The van der Waals surface area contributed by atoms with Gasteiger partial charge in [-0.05, 0) is 24.2 Å². The number of hydrogen-bond acceptors (Lipinski definition) is 1. The topological polar surface area (TPSA) is 12.0 Å². The molecule has 1 fully saturated rings. The highest BCUT2D eigenvalue weighted by atomic mass is 35.5. The van der Waals surface area contributed by atoms with Crippen LogP contribution in [0.4, 0.5) is 0 Å². The largest absolute Gasteiger partial charge is 0.315 e. The second-order valence-corrected chi connectivity index (χ2v) is 5.57. The molecule has 2 heteroatoms. The molecule has 0 radical (unpaired) electrons. The molecule has 0 heterocycles. The molecule has 1 aliphatic rings. The van der Waals surface area contributed by atoms with Crippen LogP contribution in [0.15, 0.2) is 0 Å². The molecular weight excluding hydrogens is 194 g/mol. The Hall–Kier alpha value is 0.250. The minimum atomic E-state index is 0.451. The Balaban J connectivity index is 2.29. The number of halogens is 1. The summed E-state index contributed by atoms with van der Waals surface area (Å²) in [6.45, 7) is 6.84. The normalized spacial score (nSPS) is 19.9. The maximum atomic E-state index is 5.65. The number of nitrogens with one attached hydrogen (secondary N) is 1. The maximum Gasteiger partial charge on any atom is 0.0348 e. The Morgan fingerprint density at radius 2 is 1.86 bits per heavy atom. The molecule has 0 spiro atoms. The van der Waals surface area contributed by atoms with Crippen molar-refractivity contribution in [3.63, 3.8) is 0 Å². The Morgan fingerprint density at radius 3 is 2.43 bits per heavy atom. The molecule has 0 aliphatic heterocycles. The fourth-order valence-corrected chi connectivity index (χ4v) is 2.64. The molecule has 1 saturated carbocycles. The summed E-state index contributed by atoms with van der Waals surface area (Å²) in [5.74, 6) is 1.64. The zero-order valence-electron chi connectivity index (χ0n) is 9.61. The van der Waals surface area contributed by atoms with Crippen molar-refractivity contribution in [2.75, 3.05) is 19.0 Å². The Bertz CT molecular complexity index is 150. The molecule has 0 aromatic rings. The number of rotatable bonds is 5. The van der Waals surface area contributed by atoms with E-state index in [4.69, 9.17) is 11.6 Å². The molecule has 14 heavy (non-hydrogen) atoms. The molecule has 0 saturated heterocycles. The van der Waals surface area contributed by atoms with Crippen molar-refractivity contribution in [3.05, 3.63) is 0 Å².